The Hall–Kier alpha value is -2.20. The summed E-state index contributed by atoms with van der Waals surface area (Å²) in [4.78, 5) is 47.1. The first-order valence-electron chi connectivity index (χ1n) is 13.4. The lowest BCUT2D eigenvalue weighted by Gasteiger charge is -2.41. The van der Waals surface area contributed by atoms with Crippen molar-refractivity contribution in [2.75, 3.05) is 31.6 Å². The van der Waals surface area contributed by atoms with E-state index in [2.05, 4.69) is 29.1 Å². The molecule has 3 saturated heterocycles. The zero-order chi connectivity index (χ0) is 28.6. The highest BCUT2D eigenvalue weighted by Gasteiger charge is 2.77. The van der Waals surface area contributed by atoms with Gasteiger partial charge in [0.25, 0.3) is 5.91 Å². The fourth-order valence-electron chi connectivity index (χ4n) is 6.56. The molecule has 3 aliphatic rings. The van der Waals surface area contributed by atoms with Gasteiger partial charge in [-0.25, -0.2) is 0 Å². The lowest BCUT2D eigenvalue weighted by molar-refractivity contribution is -0.147. The summed E-state index contributed by atoms with van der Waals surface area (Å²) in [5.74, 6) is -2.60. The molecule has 0 aliphatic carbocycles. The predicted molar refractivity (Wildman–Crippen MR) is 155 cm³/mol. The average Bonchev–Trinajstić information content (AvgIpc) is 3.51. The molecule has 8 nitrogen and oxygen atoms in total. The number of likely N-dealkylation sites (tertiary alicyclic amines) is 1. The van der Waals surface area contributed by atoms with Crippen LogP contribution in [0.2, 0.25) is 5.02 Å². The standard InChI is InChI=1S/C29H37BrClN3O5/c1-6-13-32(5)26(36)22-23-27(37)34(21(16-35)17(4)8-3)25(29(23)15-20(30)24(22)39-29)28(38)33(14-7-2)19-11-9-18(31)10-12-19/h6-7,9-12,17,20-25,35H,1-2,8,13-16H2,3-5H3/t17-,20?,21-,22-,23-,24-,25?,29?/m0/s1. The summed E-state index contributed by atoms with van der Waals surface area (Å²) in [5.41, 5.74) is -0.628. The molecule has 3 heterocycles. The number of hydrogen-bond donors (Lipinski definition) is 1. The number of aliphatic hydroxyl groups excluding tert-OH is 1. The second kappa shape index (κ2) is 11.7. The number of amides is 3. The molecule has 0 radical (unpaired) electrons. The van der Waals surface area contributed by atoms with Crippen LogP contribution in [0.4, 0.5) is 5.69 Å². The quantitative estimate of drug-likeness (QED) is 0.301. The van der Waals surface area contributed by atoms with Crippen LogP contribution in [0.1, 0.15) is 26.7 Å². The highest BCUT2D eigenvalue weighted by atomic mass is 79.9. The third kappa shape index (κ3) is 4.85. The van der Waals surface area contributed by atoms with Gasteiger partial charge in [-0.15, -0.1) is 13.2 Å². The summed E-state index contributed by atoms with van der Waals surface area (Å²) in [6.07, 6.45) is 3.77. The highest BCUT2D eigenvalue weighted by Crippen LogP contribution is 2.61. The molecule has 2 bridgehead atoms. The van der Waals surface area contributed by atoms with Gasteiger partial charge in [0.15, 0.2) is 0 Å². The molecule has 8 atom stereocenters. The molecule has 1 N–H and O–H groups in total. The number of likely N-dealkylation sites (N-methyl/N-ethyl adjacent to an activating group) is 1. The van der Waals surface area contributed by atoms with Crippen molar-refractivity contribution in [3.05, 3.63) is 54.6 Å². The van der Waals surface area contributed by atoms with Crippen molar-refractivity contribution in [1.82, 2.24) is 9.80 Å². The number of hydrogen-bond acceptors (Lipinski definition) is 5. The predicted octanol–water partition coefficient (Wildman–Crippen LogP) is 3.66. The normalized spacial score (nSPS) is 30.6. The molecular weight excluding hydrogens is 586 g/mol. The minimum atomic E-state index is -1.23. The Kier molecular flexibility index (Phi) is 8.95. The average molecular weight is 623 g/mol. The summed E-state index contributed by atoms with van der Waals surface area (Å²) < 4.78 is 6.63. The van der Waals surface area contributed by atoms with E-state index in [1.165, 1.54) is 9.80 Å². The van der Waals surface area contributed by atoms with Gasteiger partial charge in [0.1, 0.15) is 11.6 Å². The van der Waals surface area contributed by atoms with Crippen LogP contribution < -0.4 is 4.90 Å². The van der Waals surface area contributed by atoms with E-state index in [1.807, 2.05) is 13.8 Å². The van der Waals surface area contributed by atoms with Gasteiger partial charge in [-0.3, -0.25) is 14.4 Å². The Bertz CT molecular complexity index is 1130. The summed E-state index contributed by atoms with van der Waals surface area (Å²) in [6.45, 7) is 11.7. The molecule has 0 saturated carbocycles. The van der Waals surface area contributed by atoms with Gasteiger partial charge in [0, 0.05) is 35.7 Å². The minimum absolute atomic E-state index is 0.0950. The molecule has 1 aromatic carbocycles. The summed E-state index contributed by atoms with van der Waals surface area (Å²) >= 11 is 9.82. The molecule has 3 aliphatic heterocycles. The SMILES string of the molecule is C=CCN(C)C(=O)[C@H]1[C@H]2C(=O)N([C@@H](CO)[C@@H](C)CC)C(C(=O)N(CC=C)c3ccc(Cl)cc3)C23CC(Br)[C@@H]1O3. The topological polar surface area (TPSA) is 90.4 Å². The molecular formula is C29H37BrClN3O5. The van der Waals surface area contributed by atoms with Crippen LogP contribution in [0, 0.1) is 17.8 Å². The van der Waals surface area contributed by atoms with Crippen LogP contribution in [0.25, 0.3) is 0 Å². The molecule has 0 aromatic heterocycles. The molecule has 1 aromatic rings. The first kappa shape index (κ1) is 29.8. The van der Waals surface area contributed by atoms with Crippen LogP contribution in [0.5, 0.6) is 0 Å². The second-order valence-electron chi connectivity index (χ2n) is 10.8. The molecule has 3 unspecified atom stereocenters. The van der Waals surface area contributed by atoms with Crippen molar-refractivity contribution in [3.63, 3.8) is 0 Å². The van der Waals surface area contributed by atoms with Crippen molar-refractivity contribution in [2.24, 2.45) is 17.8 Å². The molecule has 3 fully saturated rings. The Balaban J connectivity index is 1.86. The number of nitrogens with zero attached hydrogens (tertiary/aromatic N) is 3. The maximum Gasteiger partial charge on any atom is 0.253 e. The molecule has 10 heteroatoms. The van der Waals surface area contributed by atoms with Crippen LogP contribution in [0.15, 0.2) is 49.6 Å². The summed E-state index contributed by atoms with van der Waals surface area (Å²) in [6, 6.07) is 5.23. The molecule has 4 rings (SSSR count). The number of aliphatic hydroxyl groups is 1. The van der Waals surface area contributed by atoms with E-state index >= 15 is 0 Å². The van der Waals surface area contributed by atoms with E-state index in [1.54, 1.807) is 48.4 Å². The first-order chi connectivity index (χ1) is 18.6. The van der Waals surface area contributed by atoms with E-state index in [0.717, 1.165) is 0 Å². The summed E-state index contributed by atoms with van der Waals surface area (Å²) in [7, 11) is 1.67. The van der Waals surface area contributed by atoms with Gasteiger partial charge in [-0.2, -0.15) is 0 Å². The molecule has 212 valence electrons. The lowest BCUT2D eigenvalue weighted by atomic mass is 9.70. The number of alkyl halides is 1. The van der Waals surface area contributed by atoms with Gasteiger partial charge < -0.3 is 24.5 Å². The maximum atomic E-state index is 14.6. The van der Waals surface area contributed by atoms with Crippen molar-refractivity contribution in [1.29, 1.82) is 0 Å². The monoisotopic (exact) mass is 621 g/mol. The van der Waals surface area contributed by atoms with Crippen LogP contribution in [0.3, 0.4) is 0 Å². The first-order valence-corrected chi connectivity index (χ1v) is 14.7. The number of carbonyl (C=O) groups is 3. The Morgan fingerprint density at radius 2 is 1.90 bits per heavy atom. The number of carbonyl (C=O) groups excluding carboxylic acids is 3. The molecule has 39 heavy (non-hydrogen) atoms. The van der Waals surface area contributed by atoms with Gasteiger partial charge in [0.05, 0.1) is 30.6 Å². The van der Waals surface area contributed by atoms with Crippen molar-refractivity contribution in [2.45, 2.75) is 55.3 Å². The highest BCUT2D eigenvalue weighted by molar-refractivity contribution is 9.09. The van der Waals surface area contributed by atoms with Crippen molar-refractivity contribution < 1.29 is 24.2 Å². The smallest absolute Gasteiger partial charge is 0.253 e. The largest absolute Gasteiger partial charge is 0.394 e. The minimum Gasteiger partial charge on any atom is -0.394 e. The molecule has 1 spiro atoms. The van der Waals surface area contributed by atoms with E-state index in [-0.39, 0.29) is 41.6 Å². The number of fused-ring (bicyclic) bond motifs is 1. The van der Waals surface area contributed by atoms with Crippen molar-refractivity contribution in [3.8, 4) is 0 Å². The van der Waals surface area contributed by atoms with Gasteiger partial charge in [0.2, 0.25) is 11.8 Å². The number of benzene rings is 1. The van der Waals surface area contributed by atoms with E-state index in [9.17, 15) is 19.5 Å². The fraction of sp³-hybridized carbons (Fsp3) is 0.552. The number of rotatable bonds is 11. The van der Waals surface area contributed by atoms with Gasteiger partial charge in [-0.05, 0) is 36.6 Å². The van der Waals surface area contributed by atoms with Crippen LogP contribution in [-0.2, 0) is 19.1 Å². The molecule has 3 amide bonds. The maximum absolute atomic E-state index is 14.6. The number of anilines is 1. The van der Waals surface area contributed by atoms with E-state index < -0.39 is 35.6 Å². The third-order valence-electron chi connectivity index (χ3n) is 8.59. The van der Waals surface area contributed by atoms with E-state index in [4.69, 9.17) is 16.3 Å². The summed E-state index contributed by atoms with van der Waals surface area (Å²) in [5, 5.41) is 11.1. The second-order valence-corrected chi connectivity index (χ2v) is 12.4. The lowest BCUT2D eigenvalue weighted by Crippen LogP contribution is -2.60. The van der Waals surface area contributed by atoms with Crippen LogP contribution in [-0.4, -0.2) is 88.0 Å². The number of ether oxygens (including phenoxy) is 1. The van der Waals surface area contributed by atoms with Gasteiger partial charge in [-0.1, -0.05) is 60.0 Å². The van der Waals surface area contributed by atoms with Gasteiger partial charge >= 0.3 is 0 Å². The number of halogens is 2. The zero-order valence-corrected chi connectivity index (χ0v) is 25.0. The fourth-order valence-corrected chi connectivity index (χ4v) is 7.63. The Morgan fingerprint density at radius 3 is 2.46 bits per heavy atom. The zero-order valence-electron chi connectivity index (χ0n) is 22.6. The van der Waals surface area contributed by atoms with Crippen LogP contribution >= 0.6 is 27.5 Å². The Morgan fingerprint density at radius 1 is 1.26 bits per heavy atom. The van der Waals surface area contributed by atoms with E-state index in [0.29, 0.717) is 30.1 Å². The van der Waals surface area contributed by atoms with Crippen molar-refractivity contribution >= 4 is 50.9 Å². The third-order valence-corrected chi connectivity index (χ3v) is 9.68. The Labute approximate surface area is 243 Å².